The minimum atomic E-state index is -2.32. The predicted octanol–water partition coefficient (Wildman–Crippen LogP) is 10.1. The molecule has 1 aromatic carbocycles. The molecule has 0 aliphatic carbocycles. The van der Waals surface area contributed by atoms with E-state index < -0.39 is 18.4 Å². The Morgan fingerprint density at radius 3 is 1.77 bits per heavy atom. The first-order valence-electron chi connectivity index (χ1n) is 14.9. The number of aryl methyl sites for hydroxylation is 2. The van der Waals surface area contributed by atoms with Gasteiger partial charge >= 0.3 is 223 Å². The van der Waals surface area contributed by atoms with E-state index in [1.54, 1.807) is 0 Å². The van der Waals surface area contributed by atoms with E-state index in [2.05, 4.69) is 70.8 Å². The molecule has 0 aromatic heterocycles. The third-order valence-electron chi connectivity index (χ3n) is 7.65. The van der Waals surface area contributed by atoms with Gasteiger partial charge in [-0.1, -0.05) is 0 Å². The van der Waals surface area contributed by atoms with Crippen LogP contribution >= 0.6 is 0 Å². The number of hydrogen-bond donors (Lipinski definition) is 0. The number of unbranched alkanes of at least 4 members (excludes halogenated alkanes) is 3. The van der Waals surface area contributed by atoms with E-state index in [-0.39, 0.29) is 11.7 Å². The minimum absolute atomic E-state index is 0.0993. The van der Waals surface area contributed by atoms with Gasteiger partial charge in [0.1, 0.15) is 0 Å². The number of benzene rings is 1. The van der Waals surface area contributed by atoms with Crippen LogP contribution in [0, 0.1) is 5.41 Å². The van der Waals surface area contributed by atoms with Crippen LogP contribution in [0.2, 0.25) is 13.3 Å². The van der Waals surface area contributed by atoms with Crippen LogP contribution in [0.3, 0.4) is 0 Å². The van der Waals surface area contributed by atoms with Crippen LogP contribution in [0.1, 0.15) is 128 Å². The molecule has 0 atom stereocenters. The molecule has 0 unspecified atom stereocenters. The van der Waals surface area contributed by atoms with Crippen molar-refractivity contribution in [2.75, 3.05) is 13.2 Å². The van der Waals surface area contributed by atoms with Gasteiger partial charge in [0, 0.05) is 0 Å². The van der Waals surface area contributed by atoms with Crippen molar-refractivity contribution < 1.29 is 9.47 Å². The second-order valence-corrected chi connectivity index (χ2v) is 24.9. The summed E-state index contributed by atoms with van der Waals surface area (Å²) in [4.78, 5) is 0. The van der Waals surface area contributed by atoms with Crippen LogP contribution in [0.15, 0.2) is 16.2 Å². The van der Waals surface area contributed by atoms with Gasteiger partial charge in [0.25, 0.3) is 0 Å². The zero-order chi connectivity index (χ0) is 25.7. The quantitative estimate of drug-likeness (QED) is 0.178. The first-order chi connectivity index (χ1) is 16.8. The summed E-state index contributed by atoms with van der Waals surface area (Å²) in [5.41, 5.74) is 5.76. The van der Waals surface area contributed by atoms with Crippen LogP contribution in [-0.2, 0) is 22.3 Å². The summed E-state index contributed by atoms with van der Waals surface area (Å²) in [6.45, 7) is 17.7. The predicted molar refractivity (Wildman–Crippen MR) is 157 cm³/mol. The van der Waals surface area contributed by atoms with Gasteiger partial charge in [-0.2, -0.15) is 0 Å². The molecule has 0 amide bonds. The molecule has 200 valence electrons. The van der Waals surface area contributed by atoms with E-state index in [1.807, 2.05) is 0 Å². The number of hydrogen-bond acceptors (Lipinski definition) is 2. The Morgan fingerprint density at radius 2 is 1.29 bits per heavy atom. The Morgan fingerprint density at radius 1 is 0.771 bits per heavy atom. The van der Waals surface area contributed by atoms with Crippen molar-refractivity contribution in [2.45, 2.75) is 132 Å². The van der Waals surface area contributed by atoms with Crippen molar-refractivity contribution in [3.8, 4) is 0 Å². The summed E-state index contributed by atoms with van der Waals surface area (Å²) in [5.74, 6) is 0. The van der Waals surface area contributed by atoms with Crippen molar-refractivity contribution in [3.05, 3.63) is 38.5 Å². The van der Waals surface area contributed by atoms with Gasteiger partial charge in [-0.3, -0.25) is 0 Å². The van der Waals surface area contributed by atoms with E-state index in [0.29, 0.717) is 0 Å². The van der Waals surface area contributed by atoms with Gasteiger partial charge in [-0.15, -0.1) is 0 Å². The second kappa shape index (κ2) is 15.8. The molecule has 1 fully saturated rings. The number of ether oxygens (including phenoxy) is 2. The third kappa shape index (κ3) is 9.82. The summed E-state index contributed by atoms with van der Waals surface area (Å²) in [5, 5.41) is 0. The maximum absolute atomic E-state index is 6.26. The average molecular weight is 592 g/mol. The molecule has 1 saturated heterocycles. The van der Waals surface area contributed by atoms with Gasteiger partial charge in [0.15, 0.2) is 0 Å². The second-order valence-electron chi connectivity index (χ2n) is 11.9. The van der Waals surface area contributed by atoms with Crippen molar-refractivity contribution in [3.63, 3.8) is 0 Å². The van der Waals surface area contributed by atoms with Crippen LogP contribution in [0.5, 0.6) is 0 Å². The Labute approximate surface area is 222 Å². The van der Waals surface area contributed by atoms with E-state index in [9.17, 15) is 0 Å². The Kier molecular flexibility index (Phi) is 14.0. The molecule has 2 rings (SSSR count). The molecule has 1 aliphatic heterocycles. The molecular formula is C32H56O2Sn. The first-order valence-corrected chi connectivity index (χ1v) is 22.6. The molecule has 0 N–H and O–H groups in total. The van der Waals surface area contributed by atoms with E-state index in [4.69, 9.17) is 9.47 Å². The zero-order valence-electron chi connectivity index (χ0n) is 24.3. The molecule has 0 spiro atoms. The average Bonchev–Trinajstić information content (AvgIpc) is 2.84. The van der Waals surface area contributed by atoms with Gasteiger partial charge in [-0.25, -0.2) is 0 Å². The molecule has 1 heterocycles. The molecule has 0 saturated carbocycles. The summed E-state index contributed by atoms with van der Waals surface area (Å²) >= 11 is -2.32. The normalized spacial score (nSPS) is 16.9. The monoisotopic (exact) mass is 592 g/mol. The Bertz CT molecular complexity index is 735. The van der Waals surface area contributed by atoms with Gasteiger partial charge in [-0.05, 0) is 0 Å². The fraction of sp³-hybridized carbons (Fsp3) is 0.750. The molecule has 35 heavy (non-hydrogen) atoms. The van der Waals surface area contributed by atoms with E-state index in [1.165, 1.54) is 80.5 Å². The first kappa shape index (κ1) is 30.9. The van der Waals surface area contributed by atoms with Crippen molar-refractivity contribution in [2.24, 2.45) is 5.41 Å². The van der Waals surface area contributed by atoms with Crippen LogP contribution in [0.25, 0.3) is 6.08 Å². The van der Waals surface area contributed by atoms with Crippen LogP contribution < -0.4 is 0 Å². The van der Waals surface area contributed by atoms with Crippen molar-refractivity contribution >= 4 is 24.5 Å². The maximum atomic E-state index is 6.26. The third-order valence-corrected chi connectivity index (χ3v) is 21.7. The van der Waals surface area contributed by atoms with E-state index in [0.717, 1.165) is 32.5 Å². The van der Waals surface area contributed by atoms with Gasteiger partial charge in [0.2, 0.25) is 0 Å². The van der Waals surface area contributed by atoms with Crippen LogP contribution in [-0.4, -0.2) is 31.6 Å². The summed E-state index contributed by atoms with van der Waals surface area (Å²) in [6.07, 6.45) is 15.2. The molecule has 0 radical (unpaired) electrons. The Hall–Kier alpha value is -0.321. The molecule has 0 bridgehead atoms. The van der Waals surface area contributed by atoms with Crippen molar-refractivity contribution in [1.29, 1.82) is 0 Å². The topological polar surface area (TPSA) is 18.5 Å². The van der Waals surface area contributed by atoms with Gasteiger partial charge < -0.3 is 0 Å². The summed E-state index contributed by atoms with van der Waals surface area (Å²) in [7, 11) is 0. The SMILES string of the molecule is CCC[CH2][Sn](/[CH]=C/c1cc(CCC)c(C2OCC(C)(C)CO2)cc1CCC)([CH2]CCC)[CH2]CCC. The summed E-state index contributed by atoms with van der Waals surface area (Å²) in [6, 6.07) is 4.95. The number of rotatable bonds is 16. The molecular weight excluding hydrogens is 535 g/mol. The standard InChI is InChI=1S/C20H29O2.3C4H9.Sn/c1-6-9-16-12-18(17(10-7-2)11-15(16)8-3)19-21-13-20(4,5)14-22-19;3*1-3-4-2;/h3,8,11-12,19H,6-7,9-10,13-14H2,1-2,4-5H3;3*1,3-4H2,2H3;. The van der Waals surface area contributed by atoms with Gasteiger partial charge in [0.05, 0.1) is 0 Å². The van der Waals surface area contributed by atoms with Crippen molar-refractivity contribution in [1.82, 2.24) is 0 Å². The fourth-order valence-electron chi connectivity index (χ4n) is 5.42. The molecule has 2 nitrogen and oxygen atoms in total. The Balaban J connectivity index is 2.45. The zero-order valence-corrected chi connectivity index (χ0v) is 27.2. The van der Waals surface area contributed by atoms with Crippen LogP contribution in [0.4, 0.5) is 0 Å². The molecule has 1 aromatic rings. The fourth-order valence-corrected chi connectivity index (χ4v) is 19.6. The van der Waals surface area contributed by atoms with E-state index >= 15 is 0 Å². The molecule has 1 aliphatic rings. The molecule has 3 heteroatoms. The summed E-state index contributed by atoms with van der Waals surface area (Å²) < 4.78 is 20.0.